The zero-order chi connectivity index (χ0) is 14.4. The summed E-state index contributed by atoms with van der Waals surface area (Å²) in [4.78, 5) is 23.8. The number of nitrogens with zero attached hydrogens (tertiary/aromatic N) is 2. The van der Waals surface area contributed by atoms with Gasteiger partial charge < -0.3 is 10.6 Å². The molecule has 3 fully saturated rings. The Bertz CT molecular complexity index is 568. The Morgan fingerprint density at radius 3 is 2.71 bits per heavy atom. The van der Waals surface area contributed by atoms with E-state index in [1.54, 1.807) is 17.1 Å². The Hall–Kier alpha value is -1.85. The lowest BCUT2D eigenvalue weighted by molar-refractivity contribution is -0.122. The molecule has 1 aromatic heterocycles. The number of rotatable bonds is 5. The summed E-state index contributed by atoms with van der Waals surface area (Å²) in [6.45, 7) is 0.208. The maximum absolute atomic E-state index is 12.1. The Balaban J connectivity index is 1.29. The number of hydrogen-bond donors (Lipinski definition) is 2. The molecule has 3 aliphatic carbocycles. The maximum Gasteiger partial charge on any atom is 0.241 e. The average molecular weight is 288 g/mol. The average Bonchev–Trinajstić information content (AvgIpc) is 3.32. The number of fused-ring (bicyclic) bond motifs is 1. The molecule has 6 heteroatoms. The smallest absolute Gasteiger partial charge is 0.241 e. The van der Waals surface area contributed by atoms with Crippen molar-refractivity contribution < 1.29 is 9.59 Å². The summed E-state index contributed by atoms with van der Waals surface area (Å²) in [6.07, 6.45) is 8.88. The van der Waals surface area contributed by atoms with Crippen molar-refractivity contribution in [2.24, 2.45) is 17.8 Å². The van der Waals surface area contributed by atoms with Crippen LogP contribution < -0.4 is 10.6 Å². The van der Waals surface area contributed by atoms with Gasteiger partial charge in [-0.25, -0.2) is 0 Å². The lowest BCUT2D eigenvalue weighted by Gasteiger charge is -2.10. The van der Waals surface area contributed by atoms with Crippen LogP contribution in [0.25, 0.3) is 0 Å². The fraction of sp³-hybridized carbons (Fsp3) is 0.667. The third-order valence-corrected chi connectivity index (χ3v) is 4.76. The quantitative estimate of drug-likeness (QED) is 0.853. The zero-order valence-corrected chi connectivity index (χ0v) is 11.9. The molecule has 1 aromatic rings. The molecule has 3 aliphatic rings. The summed E-state index contributed by atoms with van der Waals surface area (Å²) in [6, 6.07) is 0.362. The van der Waals surface area contributed by atoms with Crippen LogP contribution in [0, 0.1) is 17.8 Å². The number of carbonyl (C=O) groups excluding carboxylic acids is 2. The second kappa shape index (κ2) is 4.86. The van der Waals surface area contributed by atoms with E-state index in [4.69, 9.17) is 0 Å². The van der Waals surface area contributed by atoms with E-state index >= 15 is 0 Å². The van der Waals surface area contributed by atoms with Gasteiger partial charge in [0.1, 0.15) is 6.54 Å². The summed E-state index contributed by atoms with van der Waals surface area (Å²) in [5, 5.41) is 9.97. The van der Waals surface area contributed by atoms with Gasteiger partial charge in [0.2, 0.25) is 11.8 Å². The Morgan fingerprint density at radius 1 is 1.24 bits per heavy atom. The first kappa shape index (κ1) is 12.9. The van der Waals surface area contributed by atoms with E-state index in [1.807, 2.05) is 0 Å². The minimum atomic E-state index is -0.0191. The van der Waals surface area contributed by atoms with Gasteiger partial charge in [0.15, 0.2) is 0 Å². The minimum absolute atomic E-state index is 0.0191. The Kier molecular flexibility index (Phi) is 2.97. The number of anilines is 1. The molecule has 2 amide bonds. The van der Waals surface area contributed by atoms with Gasteiger partial charge in [-0.3, -0.25) is 14.3 Å². The highest BCUT2D eigenvalue weighted by atomic mass is 16.2. The van der Waals surface area contributed by atoms with E-state index in [2.05, 4.69) is 15.7 Å². The maximum atomic E-state index is 12.1. The molecule has 0 aliphatic heterocycles. The second-order valence-corrected chi connectivity index (χ2v) is 6.68. The molecular formula is C15H20N4O2. The predicted octanol–water partition coefficient (Wildman–Crippen LogP) is 1.15. The SMILES string of the molecule is O=C(Cn1cc(NC(=O)C2CC3CC3C2)cn1)NC1CC1. The largest absolute Gasteiger partial charge is 0.352 e. The van der Waals surface area contributed by atoms with Crippen LogP contribution in [0.4, 0.5) is 5.69 Å². The molecule has 3 saturated carbocycles. The first-order valence-corrected chi connectivity index (χ1v) is 7.80. The highest BCUT2D eigenvalue weighted by Crippen LogP contribution is 2.54. The van der Waals surface area contributed by atoms with E-state index < -0.39 is 0 Å². The summed E-state index contributed by atoms with van der Waals surface area (Å²) in [7, 11) is 0. The molecule has 112 valence electrons. The summed E-state index contributed by atoms with van der Waals surface area (Å²) < 4.78 is 1.57. The van der Waals surface area contributed by atoms with Crippen LogP contribution in [-0.2, 0) is 16.1 Å². The number of amides is 2. The van der Waals surface area contributed by atoms with E-state index in [-0.39, 0.29) is 24.3 Å². The van der Waals surface area contributed by atoms with Crippen LogP contribution in [0.1, 0.15) is 32.1 Å². The molecule has 0 bridgehead atoms. The first-order valence-electron chi connectivity index (χ1n) is 7.80. The van der Waals surface area contributed by atoms with Crippen LogP contribution in [0.2, 0.25) is 0 Å². The first-order chi connectivity index (χ1) is 10.2. The highest BCUT2D eigenvalue weighted by Gasteiger charge is 2.48. The van der Waals surface area contributed by atoms with Crippen LogP contribution >= 0.6 is 0 Å². The van der Waals surface area contributed by atoms with Crippen molar-refractivity contribution in [3.63, 3.8) is 0 Å². The molecular weight excluding hydrogens is 268 g/mol. The number of aromatic nitrogens is 2. The molecule has 2 unspecified atom stereocenters. The lowest BCUT2D eigenvalue weighted by Crippen LogP contribution is -2.29. The van der Waals surface area contributed by atoms with Crippen LogP contribution in [-0.4, -0.2) is 27.6 Å². The molecule has 21 heavy (non-hydrogen) atoms. The van der Waals surface area contributed by atoms with Gasteiger partial charge in [-0.1, -0.05) is 0 Å². The fourth-order valence-corrected chi connectivity index (χ4v) is 3.34. The Morgan fingerprint density at radius 2 is 2.00 bits per heavy atom. The van der Waals surface area contributed by atoms with Crippen LogP contribution in [0.15, 0.2) is 12.4 Å². The van der Waals surface area contributed by atoms with Gasteiger partial charge in [-0.05, 0) is 43.9 Å². The van der Waals surface area contributed by atoms with Gasteiger partial charge >= 0.3 is 0 Å². The molecule has 0 saturated heterocycles. The van der Waals surface area contributed by atoms with Crippen LogP contribution in [0.3, 0.4) is 0 Å². The van der Waals surface area contributed by atoms with Gasteiger partial charge in [0.25, 0.3) is 0 Å². The molecule has 0 aromatic carbocycles. The van der Waals surface area contributed by atoms with Crippen molar-refractivity contribution in [1.29, 1.82) is 0 Å². The van der Waals surface area contributed by atoms with Gasteiger partial charge in [0, 0.05) is 18.2 Å². The van der Waals surface area contributed by atoms with Crippen molar-refractivity contribution in [2.45, 2.75) is 44.7 Å². The fourth-order valence-electron chi connectivity index (χ4n) is 3.34. The number of nitrogens with one attached hydrogen (secondary N) is 2. The van der Waals surface area contributed by atoms with Crippen molar-refractivity contribution in [3.05, 3.63) is 12.4 Å². The van der Waals surface area contributed by atoms with Gasteiger partial charge in [0.05, 0.1) is 11.9 Å². The monoisotopic (exact) mass is 288 g/mol. The molecule has 0 radical (unpaired) electrons. The van der Waals surface area contributed by atoms with E-state index in [1.165, 1.54) is 6.42 Å². The zero-order valence-electron chi connectivity index (χ0n) is 11.9. The topological polar surface area (TPSA) is 76.0 Å². The molecule has 2 atom stereocenters. The van der Waals surface area contributed by atoms with Crippen LogP contribution in [0.5, 0.6) is 0 Å². The van der Waals surface area contributed by atoms with Crippen molar-refractivity contribution in [3.8, 4) is 0 Å². The molecule has 1 heterocycles. The number of carbonyl (C=O) groups is 2. The van der Waals surface area contributed by atoms with E-state index in [9.17, 15) is 9.59 Å². The highest BCUT2D eigenvalue weighted by molar-refractivity contribution is 5.92. The lowest BCUT2D eigenvalue weighted by atomic mass is 10.0. The predicted molar refractivity (Wildman–Crippen MR) is 76.3 cm³/mol. The molecule has 0 spiro atoms. The third-order valence-electron chi connectivity index (χ3n) is 4.76. The standard InChI is InChI=1S/C15H20N4O2/c20-14(17-12-1-2-12)8-19-7-13(6-16-19)18-15(21)11-4-9-3-10(9)5-11/h6-7,9-12H,1-5,8H2,(H,17,20)(H,18,21). The number of hydrogen-bond acceptors (Lipinski definition) is 3. The van der Waals surface area contributed by atoms with Crippen molar-refractivity contribution >= 4 is 17.5 Å². The molecule has 2 N–H and O–H groups in total. The Labute approximate surface area is 123 Å². The summed E-state index contributed by atoms with van der Waals surface area (Å²) >= 11 is 0. The third kappa shape index (κ3) is 2.94. The van der Waals surface area contributed by atoms with Crippen molar-refractivity contribution in [2.75, 3.05) is 5.32 Å². The molecule has 4 rings (SSSR count). The summed E-state index contributed by atoms with van der Waals surface area (Å²) in [5.74, 6) is 1.85. The van der Waals surface area contributed by atoms with Gasteiger partial charge in [-0.2, -0.15) is 5.10 Å². The summed E-state index contributed by atoms with van der Waals surface area (Å²) in [5.41, 5.74) is 0.680. The normalized spacial score (nSPS) is 29.8. The second-order valence-electron chi connectivity index (χ2n) is 6.68. The van der Waals surface area contributed by atoms with Gasteiger partial charge in [-0.15, -0.1) is 0 Å². The van der Waals surface area contributed by atoms with E-state index in [0.29, 0.717) is 11.7 Å². The molecule has 6 nitrogen and oxygen atoms in total. The minimum Gasteiger partial charge on any atom is -0.352 e. The van der Waals surface area contributed by atoms with E-state index in [0.717, 1.165) is 37.5 Å². The van der Waals surface area contributed by atoms with Crippen molar-refractivity contribution in [1.82, 2.24) is 15.1 Å².